The molecule has 0 radical (unpaired) electrons. The average Bonchev–Trinajstić information content (AvgIpc) is 3.32. The van der Waals surface area contributed by atoms with E-state index in [1.807, 2.05) is 24.3 Å². The molecule has 2 N–H and O–H groups in total. The molecule has 1 heterocycles. The van der Waals surface area contributed by atoms with Gasteiger partial charge in [-0.05, 0) is 48.6 Å². The van der Waals surface area contributed by atoms with E-state index in [1.165, 1.54) is 18.4 Å². The standard InChI is InChI=1S/C17H20N4O/c1-11(2)12-3-5-14(6-4-12)19-17(22)15-9-10-16(21-20-15)18-13-7-8-13/h3-6,9-11,13H,7-8H2,1-2H3,(H,18,21)(H,19,22). The first-order chi connectivity index (χ1) is 10.6. The lowest BCUT2D eigenvalue weighted by Crippen LogP contribution is -2.15. The van der Waals surface area contributed by atoms with Crippen LogP contribution in [0, 0.1) is 0 Å². The zero-order valence-electron chi connectivity index (χ0n) is 12.8. The minimum absolute atomic E-state index is 0.247. The molecule has 114 valence electrons. The molecule has 0 atom stereocenters. The molecule has 5 nitrogen and oxygen atoms in total. The number of nitrogens with one attached hydrogen (secondary N) is 2. The monoisotopic (exact) mass is 296 g/mol. The summed E-state index contributed by atoms with van der Waals surface area (Å²) < 4.78 is 0. The van der Waals surface area contributed by atoms with Gasteiger partial charge in [0.15, 0.2) is 5.69 Å². The third kappa shape index (κ3) is 3.61. The van der Waals surface area contributed by atoms with Crippen molar-refractivity contribution < 1.29 is 4.79 Å². The summed E-state index contributed by atoms with van der Waals surface area (Å²) in [6.45, 7) is 4.28. The molecule has 2 aromatic rings. The summed E-state index contributed by atoms with van der Waals surface area (Å²) in [6.07, 6.45) is 2.35. The molecule has 0 bridgehead atoms. The van der Waals surface area contributed by atoms with Gasteiger partial charge in [0.2, 0.25) is 0 Å². The molecule has 3 rings (SSSR count). The molecule has 5 heteroatoms. The molecule has 1 saturated carbocycles. The zero-order valence-corrected chi connectivity index (χ0v) is 12.8. The number of amides is 1. The van der Waals surface area contributed by atoms with Crippen molar-refractivity contribution in [1.82, 2.24) is 10.2 Å². The van der Waals surface area contributed by atoms with Gasteiger partial charge in [-0.2, -0.15) is 0 Å². The van der Waals surface area contributed by atoms with Crippen molar-refractivity contribution in [2.24, 2.45) is 0 Å². The number of carbonyl (C=O) groups is 1. The summed E-state index contributed by atoms with van der Waals surface area (Å²) in [6, 6.07) is 11.9. The second-order valence-electron chi connectivity index (χ2n) is 5.95. The summed E-state index contributed by atoms with van der Waals surface area (Å²) in [4.78, 5) is 12.1. The van der Waals surface area contributed by atoms with E-state index in [0.29, 0.717) is 17.7 Å². The number of anilines is 2. The van der Waals surface area contributed by atoms with Gasteiger partial charge in [0.25, 0.3) is 5.91 Å². The lowest BCUT2D eigenvalue weighted by molar-refractivity contribution is 0.102. The average molecular weight is 296 g/mol. The second kappa shape index (κ2) is 6.13. The maximum absolute atomic E-state index is 12.1. The molecule has 1 aliphatic rings. The fourth-order valence-electron chi connectivity index (χ4n) is 2.11. The van der Waals surface area contributed by atoms with E-state index in [2.05, 4.69) is 34.7 Å². The van der Waals surface area contributed by atoms with Gasteiger partial charge in [0, 0.05) is 11.7 Å². The van der Waals surface area contributed by atoms with E-state index in [4.69, 9.17) is 0 Å². The smallest absolute Gasteiger partial charge is 0.276 e. The van der Waals surface area contributed by atoms with Crippen LogP contribution in [0.4, 0.5) is 11.5 Å². The Morgan fingerprint density at radius 2 is 1.82 bits per heavy atom. The van der Waals surface area contributed by atoms with Gasteiger partial charge in [-0.3, -0.25) is 4.79 Å². The van der Waals surface area contributed by atoms with Crippen LogP contribution in [0.2, 0.25) is 0 Å². The van der Waals surface area contributed by atoms with Gasteiger partial charge in [-0.15, -0.1) is 10.2 Å². The highest BCUT2D eigenvalue weighted by Crippen LogP contribution is 2.23. The largest absolute Gasteiger partial charge is 0.366 e. The zero-order chi connectivity index (χ0) is 15.5. The van der Waals surface area contributed by atoms with Gasteiger partial charge in [0.05, 0.1) is 0 Å². The first kappa shape index (κ1) is 14.5. The highest BCUT2D eigenvalue weighted by Gasteiger charge is 2.21. The fraction of sp³-hybridized carbons (Fsp3) is 0.353. The Labute approximate surface area is 130 Å². The molecule has 0 aliphatic heterocycles. The molecule has 1 aromatic heterocycles. The molecule has 1 aromatic carbocycles. The highest BCUT2D eigenvalue weighted by molar-refractivity contribution is 6.02. The molecular formula is C17H20N4O. The molecule has 1 fully saturated rings. The number of benzene rings is 1. The summed E-state index contributed by atoms with van der Waals surface area (Å²) in [5.41, 5.74) is 2.32. The first-order valence-electron chi connectivity index (χ1n) is 7.63. The van der Waals surface area contributed by atoms with Crippen molar-refractivity contribution in [1.29, 1.82) is 0 Å². The maximum Gasteiger partial charge on any atom is 0.276 e. The van der Waals surface area contributed by atoms with E-state index in [1.54, 1.807) is 12.1 Å². The van der Waals surface area contributed by atoms with Crippen molar-refractivity contribution in [3.63, 3.8) is 0 Å². The van der Waals surface area contributed by atoms with Gasteiger partial charge in [0.1, 0.15) is 5.82 Å². The summed E-state index contributed by atoms with van der Waals surface area (Å²) in [7, 11) is 0. The molecule has 1 aliphatic carbocycles. The van der Waals surface area contributed by atoms with E-state index >= 15 is 0 Å². The van der Waals surface area contributed by atoms with E-state index in [0.717, 1.165) is 11.5 Å². The molecule has 0 spiro atoms. The molecule has 22 heavy (non-hydrogen) atoms. The Kier molecular flexibility index (Phi) is 4.04. The number of nitrogens with zero attached hydrogens (tertiary/aromatic N) is 2. The number of rotatable bonds is 5. The third-order valence-corrected chi connectivity index (χ3v) is 3.66. The summed E-state index contributed by atoms with van der Waals surface area (Å²) >= 11 is 0. The van der Waals surface area contributed by atoms with Crippen LogP contribution >= 0.6 is 0 Å². The van der Waals surface area contributed by atoms with Crippen molar-refractivity contribution in [3.8, 4) is 0 Å². The summed E-state index contributed by atoms with van der Waals surface area (Å²) in [5, 5.41) is 14.1. The van der Waals surface area contributed by atoms with E-state index in [-0.39, 0.29) is 5.91 Å². The van der Waals surface area contributed by atoms with Crippen LogP contribution in [0.5, 0.6) is 0 Å². The van der Waals surface area contributed by atoms with Crippen LogP contribution in [-0.2, 0) is 0 Å². The van der Waals surface area contributed by atoms with Crippen LogP contribution in [-0.4, -0.2) is 22.1 Å². The number of hydrogen-bond acceptors (Lipinski definition) is 4. The van der Waals surface area contributed by atoms with Crippen molar-refractivity contribution in [2.45, 2.75) is 38.6 Å². The second-order valence-corrected chi connectivity index (χ2v) is 5.95. The summed E-state index contributed by atoms with van der Waals surface area (Å²) in [5.74, 6) is 0.949. The Bertz CT molecular complexity index is 645. The lowest BCUT2D eigenvalue weighted by Gasteiger charge is -2.08. The maximum atomic E-state index is 12.1. The van der Waals surface area contributed by atoms with E-state index < -0.39 is 0 Å². The molecule has 0 saturated heterocycles. The Hall–Kier alpha value is -2.43. The Morgan fingerprint density at radius 1 is 1.09 bits per heavy atom. The van der Waals surface area contributed by atoms with Gasteiger partial charge in [-0.1, -0.05) is 26.0 Å². The van der Waals surface area contributed by atoms with Gasteiger partial charge in [-0.25, -0.2) is 0 Å². The Balaban J connectivity index is 1.62. The van der Waals surface area contributed by atoms with Crippen molar-refractivity contribution >= 4 is 17.4 Å². The highest BCUT2D eigenvalue weighted by atomic mass is 16.1. The quantitative estimate of drug-likeness (QED) is 0.887. The minimum atomic E-state index is -0.247. The van der Waals surface area contributed by atoms with Crippen LogP contribution in [0.25, 0.3) is 0 Å². The van der Waals surface area contributed by atoms with Crippen LogP contribution in [0.1, 0.15) is 48.7 Å². The van der Waals surface area contributed by atoms with Crippen LogP contribution in [0.3, 0.4) is 0 Å². The SMILES string of the molecule is CC(C)c1ccc(NC(=O)c2ccc(NC3CC3)nn2)cc1. The minimum Gasteiger partial charge on any atom is -0.366 e. The van der Waals surface area contributed by atoms with E-state index in [9.17, 15) is 4.79 Å². The van der Waals surface area contributed by atoms with Crippen LogP contribution < -0.4 is 10.6 Å². The third-order valence-electron chi connectivity index (χ3n) is 3.66. The molecule has 0 unspecified atom stereocenters. The lowest BCUT2D eigenvalue weighted by atomic mass is 10.0. The topological polar surface area (TPSA) is 66.9 Å². The van der Waals surface area contributed by atoms with Crippen LogP contribution in [0.15, 0.2) is 36.4 Å². The van der Waals surface area contributed by atoms with Crippen molar-refractivity contribution in [2.75, 3.05) is 10.6 Å². The van der Waals surface area contributed by atoms with Crippen molar-refractivity contribution in [3.05, 3.63) is 47.7 Å². The predicted molar refractivity (Wildman–Crippen MR) is 87.2 cm³/mol. The predicted octanol–water partition coefficient (Wildman–Crippen LogP) is 3.43. The normalized spacial score (nSPS) is 14.0. The van der Waals surface area contributed by atoms with Gasteiger partial charge < -0.3 is 10.6 Å². The van der Waals surface area contributed by atoms with Gasteiger partial charge >= 0.3 is 0 Å². The first-order valence-corrected chi connectivity index (χ1v) is 7.63. The molecular weight excluding hydrogens is 276 g/mol. The number of carbonyl (C=O) groups excluding carboxylic acids is 1. The Morgan fingerprint density at radius 3 is 2.36 bits per heavy atom. The number of hydrogen-bond donors (Lipinski definition) is 2. The molecule has 1 amide bonds. The fourth-order valence-corrected chi connectivity index (χ4v) is 2.11. The number of aromatic nitrogens is 2.